The molecule has 2 aliphatic rings. The van der Waals surface area contributed by atoms with Gasteiger partial charge < -0.3 is 5.32 Å². The van der Waals surface area contributed by atoms with Crippen LogP contribution in [0, 0.1) is 23.6 Å². The summed E-state index contributed by atoms with van der Waals surface area (Å²) in [5.74, 6) is 1.87. The fourth-order valence-electron chi connectivity index (χ4n) is 2.72. The molecule has 1 amide bonds. The predicted molar refractivity (Wildman–Crippen MR) is 75.4 cm³/mol. The molecule has 1 aromatic carbocycles. The second-order valence-corrected chi connectivity index (χ2v) is 6.53. The van der Waals surface area contributed by atoms with Crippen molar-refractivity contribution in [3.63, 3.8) is 0 Å². The highest BCUT2D eigenvalue weighted by molar-refractivity contribution is 9.10. The molecule has 0 spiro atoms. The van der Waals surface area contributed by atoms with Crippen molar-refractivity contribution in [3.8, 4) is 0 Å². The molecule has 0 bridgehead atoms. The quantitative estimate of drug-likeness (QED) is 0.877. The molecule has 19 heavy (non-hydrogen) atoms. The molecule has 0 saturated heterocycles. The van der Waals surface area contributed by atoms with Gasteiger partial charge in [0, 0.05) is 12.1 Å². The summed E-state index contributed by atoms with van der Waals surface area (Å²) in [5.41, 5.74) is 0.513. The van der Waals surface area contributed by atoms with Crippen LogP contribution in [0.15, 0.2) is 22.7 Å². The second kappa shape index (κ2) is 5.23. The maximum Gasteiger partial charge on any atom is 0.251 e. The molecule has 2 nitrogen and oxygen atoms in total. The van der Waals surface area contributed by atoms with Gasteiger partial charge in [0.25, 0.3) is 5.91 Å². The number of halogens is 2. The normalized spacial score (nSPS) is 18.7. The van der Waals surface area contributed by atoms with Gasteiger partial charge in [-0.25, -0.2) is 4.39 Å². The van der Waals surface area contributed by atoms with Crippen LogP contribution < -0.4 is 5.32 Å². The topological polar surface area (TPSA) is 29.1 Å². The molecule has 0 radical (unpaired) electrons. The van der Waals surface area contributed by atoms with Crippen LogP contribution >= 0.6 is 15.9 Å². The van der Waals surface area contributed by atoms with Crippen molar-refractivity contribution in [1.82, 2.24) is 5.32 Å². The number of carbonyl (C=O) groups is 1. The number of rotatable bonds is 5. The van der Waals surface area contributed by atoms with Crippen LogP contribution in [0.4, 0.5) is 4.39 Å². The Morgan fingerprint density at radius 3 is 2.47 bits per heavy atom. The highest BCUT2D eigenvalue weighted by atomic mass is 79.9. The minimum atomic E-state index is -0.342. The maximum atomic E-state index is 13.1. The largest absolute Gasteiger partial charge is 0.352 e. The monoisotopic (exact) mass is 325 g/mol. The summed E-state index contributed by atoms with van der Waals surface area (Å²) < 4.78 is 13.5. The number of nitrogens with one attached hydrogen (secondary N) is 1. The summed E-state index contributed by atoms with van der Waals surface area (Å²) in [4.78, 5) is 12.0. The maximum absolute atomic E-state index is 13.1. The van der Waals surface area contributed by atoms with Gasteiger partial charge >= 0.3 is 0 Å². The fraction of sp³-hybridized carbons (Fsp3) is 0.533. The van der Waals surface area contributed by atoms with Gasteiger partial charge in [0.15, 0.2) is 0 Å². The lowest BCUT2D eigenvalue weighted by molar-refractivity contribution is 0.0943. The van der Waals surface area contributed by atoms with E-state index in [0.29, 0.717) is 16.0 Å². The molecule has 3 rings (SSSR count). The van der Waals surface area contributed by atoms with E-state index in [-0.39, 0.29) is 11.7 Å². The Morgan fingerprint density at radius 2 is 1.95 bits per heavy atom. The minimum Gasteiger partial charge on any atom is -0.352 e. The Kier molecular flexibility index (Phi) is 3.61. The van der Waals surface area contributed by atoms with Crippen LogP contribution in [0.3, 0.4) is 0 Å². The Hall–Kier alpha value is -0.900. The van der Waals surface area contributed by atoms with Crippen molar-refractivity contribution < 1.29 is 9.18 Å². The third-order valence-electron chi connectivity index (χ3n) is 4.14. The average Bonchev–Trinajstić information content (AvgIpc) is 3.26. The zero-order valence-electron chi connectivity index (χ0n) is 10.7. The molecule has 0 heterocycles. The zero-order valence-corrected chi connectivity index (χ0v) is 12.2. The van der Waals surface area contributed by atoms with Gasteiger partial charge in [-0.15, -0.1) is 0 Å². The van der Waals surface area contributed by atoms with Crippen molar-refractivity contribution in [2.75, 3.05) is 6.54 Å². The zero-order chi connectivity index (χ0) is 13.4. The number of benzene rings is 1. The highest BCUT2D eigenvalue weighted by Crippen LogP contribution is 2.48. The molecular formula is C15H17BrFNO. The lowest BCUT2D eigenvalue weighted by atomic mass is 9.98. The molecule has 2 saturated carbocycles. The van der Waals surface area contributed by atoms with Crippen molar-refractivity contribution in [2.24, 2.45) is 17.8 Å². The molecule has 0 unspecified atom stereocenters. The van der Waals surface area contributed by atoms with Crippen molar-refractivity contribution in [3.05, 3.63) is 34.1 Å². The summed E-state index contributed by atoms with van der Waals surface area (Å²) in [6, 6.07) is 4.38. The van der Waals surface area contributed by atoms with Gasteiger partial charge in [0.05, 0.1) is 4.47 Å². The van der Waals surface area contributed by atoms with E-state index in [9.17, 15) is 9.18 Å². The summed E-state index contributed by atoms with van der Waals surface area (Å²) in [6.07, 6.45) is 5.27. The summed E-state index contributed by atoms with van der Waals surface area (Å²) in [5, 5.41) is 3.01. The fourth-order valence-corrected chi connectivity index (χ4v) is 3.10. The van der Waals surface area contributed by atoms with Crippen molar-refractivity contribution >= 4 is 21.8 Å². The highest BCUT2D eigenvalue weighted by Gasteiger charge is 2.41. The smallest absolute Gasteiger partial charge is 0.251 e. The molecule has 0 atom stereocenters. The van der Waals surface area contributed by atoms with Crippen LogP contribution in [0.25, 0.3) is 0 Å². The molecule has 0 aliphatic heterocycles. The van der Waals surface area contributed by atoms with Crippen LogP contribution in [-0.4, -0.2) is 12.5 Å². The summed E-state index contributed by atoms with van der Waals surface area (Å²) >= 11 is 3.11. The van der Waals surface area contributed by atoms with Crippen LogP contribution in [0.5, 0.6) is 0 Å². The van der Waals surface area contributed by atoms with Gasteiger partial charge in [0.1, 0.15) is 5.82 Å². The lowest BCUT2D eigenvalue weighted by Crippen LogP contribution is -2.31. The van der Waals surface area contributed by atoms with Crippen molar-refractivity contribution in [1.29, 1.82) is 0 Å². The van der Waals surface area contributed by atoms with Crippen LogP contribution in [-0.2, 0) is 0 Å². The van der Waals surface area contributed by atoms with E-state index in [1.807, 2.05) is 0 Å². The third-order valence-corrected chi connectivity index (χ3v) is 4.74. The molecule has 2 fully saturated rings. The molecular weight excluding hydrogens is 309 g/mol. The van der Waals surface area contributed by atoms with Crippen LogP contribution in [0.2, 0.25) is 0 Å². The SMILES string of the molecule is O=C(NCC(C1CC1)C1CC1)c1ccc(F)c(Br)c1. The summed E-state index contributed by atoms with van der Waals surface area (Å²) in [6.45, 7) is 0.767. The second-order valence-electron chi connectivity index (χ2n) is 5.68. The van der Waals surface area contributed by atoms with Gasteiger partial charge in [-0.2, -0.15) is 0 Å². The Labute approximate surface area is 120 Å². The summed E-state index contributed by atoms with van der Waals surface area (Å²) in [7, 11) is 0. The number of carbonyl (C=O) groups excluding carboxylic acids is 1. The van der Waals surface area contributed by atoms with E-state index < -0.39 is 0 Å². The standard InChI is InChI=1S/C15H17BrFNO/c16-13-7-11(5-6-14(13)17)15(19)18-8-12(9-1-2-9)10-3-4-10/h5-7,9-10,12H,1-4,8H2,(H,18,19). The molecule has 2 aliphatic carbocycles. The van der Waals surface area contributed by atoms with E-state index >= 15 is 0 Å². The lowest BCUT2D eigenvalue weighted by Gasteiger charge is -2.16. The Bertz CT molecular complexity index is 485. The Balaban J connectivity index is 1.59. The molecule has 102 valence electrons. The first kappa shape index (κ1) is 13.1. The van der Waals surface area contributed by atoms with E-state index in [0.717, 1.165) is 18.4 Å². The third kappa shape index (κ3) is 3.16. The number of hydrogen-bond donors (Lipinski definition) is 1. The number of amides is 1. The molecule has 1 aromatic rings. The Morgan fingerprint density at radius 1 is 1.32 bits per heavy atom. The average molecular weight is 326 g/mol. The van der Waals surface area contributed by atoms with Gasteiger partial charge in [-0.3, -0.25) is 4.79 Å². The molecule has 0 aromatic heterocycles. The van der Waals surface area contributed by atoms with E-state index in [2.05, 4.69) is 21.2 Å². The first-order valence-electron chi connectivity index (χ1n) is 6.88. The minimum absolute atomic E-state index is 0.105. The van der Waals surface area contributed by atoms with Gasteiger partial charge in [-0.05, 0) is 77.6 Å². The van der Waals surface area contributed by atoms with Crippen molar-refractivity contribution in [2.45, 2.75) is 25.7 Å². The first-order valence-corrected chi connectivity index (χ1v) is 7.67. The van der Waals surface area contributed by atoms with Crippen LogP contribution in [0.1, 0.15) is 36.0 Å². The number of hydrogen-bond acceptors (Lipinski definition) is 1. The van der Waals surface area contributed by atoms with Gasteiger partial charge in [0.2, 0.25) is 0 Å². The predicted octanol–water partition coefficient (Wildman–Crippen LogP) is 3.75. The van der Waals surface area contributed by atoms with E-state index in [1.54, 1.807) is 0 Å². The van der Waals surface area contributed by atoms with E-state index in [1.165, 1.54) is 43.9 Å². The van der Waals surface area contributed by atoms with E-state index in [4.69, 9.17) is 0 Å². The first-order chi connectivity index (χ1) is 9.15. The molecule has 1 N–H and O–H groups in total. The van der Waals surface area contributed by atoms with Gasteiger partial charge in [-0.1, -0.05) is 0 Å². The molecule has 4 heteroatoms.